The minimum atomic E-state index is 0.584. The van der Waals surface area contributed by atoms with Gasteiger partial charge in [0.2, 0.25) is 0 Å². The summed E-state index contributed by atoms with van der Waals surface area (Å²) in [5.74, 6) is 0. The van der Waals surface area contributed by atoms with Gasteiger partial charge in [-0.1, -0.05) is 12.1 Å². The first kappa shape index (κ1) is 12.4. The Bertz CT molecular complexity index is 385. The Balaban J connectivity index is 2.22. The average Bonchev–Trinajstić information content (AvgIpc) is 2.61. The Morgan fingerprint density at radius 2 is 2.18 bits per heavy atom. The summed E-state index contributed by atoms with van der Waals surface area (Å²) in [6, 6.07) is 8.16. The third kappa shape index (κ3) is 2.47. The molecule has 0 amide bonds. The normalized spacial score (nSPS) is 18.9. The SMILES string of the molecule is CC(C)N1c2ccc(CCCN)cc2CC1C. The van der Waals surface area contributed by atoms with E-state index in [2.05, 4.69) is 43.9 Å². The van der Waals surface area contributed by atoms with Crippen LogP contribution in [0.2, 0.25) is 0 Å². The molecule has 2 rings (SSSR count). The summed E-state index contributed by atoms with van der Waals surface area (Å²) >= 11 is 0. The molecule has 0 aromatic heterocycles. The number of aryl methyl sites for hydroxylation is 1. The minimum absolute atomic E-state index is 0.584. The van der Waals surface area contributed by atoms with Gasteiger partial charge < -0.3 is 10.6 Å². The van der Waals surface area contributed by atoms with Crippen molar-refractivity contribution in [2.45, 2.75) is 52.1 Å². The van der Waals surface area contributed by atoms with Crippen molar-refractivity contribution in [2.24, 2.45) is 5.73 Å². The molecule has 1 aliphatic heterocycles. The number of nitrogens with zero attached hydrogens (tertiary/aromatic N) is 1. The van der Waals surface area contributed by atoms with Gasteiger partial charge in [-0.15, -0.1) is 0 Å². The molecule has 0 spiro atoms. The fourth-order valence-electron chi connectivity index (χ4n) is 2.96. The third-order valence-electron chi connectivity index (χ3n) is 3.64. The summed E-state index contributed by atoms with van der Waals surface area (Å²) in [4.78, 5) is 2.53. The average molecular weight is 232 g/mol. The Morgan fingerprint density at radius 3 is 2.82 bits per heavy atom. The predicted molar refractivity (Wildman–Crippen MR) is 74.6 cm³/mol. The summed E-state index contributed by atoms with van der Waals surface area (Å²) in [5, 5.41) is 0. The van der Waals surface area contributed by atoms with Crippen LogP contribution in [0.15, 0.2) is 18.2 Å². The highest BCUT2D eigenvalue weighted by Crippen LogP contribution is 2.34. The summed E-state index contributed by atoms with van der Waals surface area (Å²) < 4.78 is 0. The van der Waals surface area contributed by atoms with E-state index in [-0.39, 0.29) is 0 Å². The van der Waals surface area contributed by atoms with E-state index >= 15 is 0 Å². The van der Waals surface area contributed by atoms with Gasteiger partial charge in [0, 0.05) is 17.8 Å². The Kier molecular flexibility index (Phi) is 3.72. The lowest BCUT2D eigenvalue weighted by molar-refractivity contribution is 0.606. The minimum Gasteiger partial charge on any atom is -0.366 e. The number of nitrogens with two attached hydrogens (primary N) is 1. The molecule has 1 aliphatic rings. The van der Waals surface area contributed by atoms with Gasteiger partial charge in [-0.2, -0.15) is 0 Å². The second-order valence-corrected chi connectivity index (χ2v) is 5.41. The standard InChI is InChI=1S/C15H24N2/c1-11(2)17-12(3)9-14-10-13(5-4-8-16)6-7-15(14)17/h6-7,10-12H,4-5,8-9,16H2,1-3H3. The van der Waals surface area contributed by atoms with Crippen molar-refractivity contribution >= 4 is 5.69 Å². The maximum atomic E-state index is 5.56. The highest BCUT2D eigenvalue weighted by Gasteiger charge is 2.27. The lowest BCUT2D eigenvalue weighted by Gasteiger charge is -2.29. The molecule has 2 heteroatoms. The second kappa shape index (κ2) is 5.09. The molecule has 1 heterocycles. The fourth-order valence-corrected chi connectivity index (χ4v) is 2.96. The molecule has 1 unspecified atom stereocenters. The van der Waals surface area contributed by atoms with E-state index in [1.54, 1.807) is 0 Å². The fraction of sp³-hybridized carbons (Fsp3) is 0.600. The lowest BCUT2D eigenvalue weighted by Crippen LogP contribution is -2.35. The lowest BCUT2D eigenvalue weighted by atomic mass is 10.0. The van der Waals surface area contributed by atoms with Crippen LogP contribution in [0.4, 0.5) is 5.69 Å². The van der Waals surface area contributed by atoms with Gasteiger partial charge in [-0.25, -0.2) is 0 Å². The molecular formula is C15H24N2. The molecule has 0 bridgehead atoms. The summed E-state index contributed by atoms with van der Waals surface area (Å²) in [7, 11) is 0. The topological polar surface area (TPSA) is 29.3 Å². The second-order valence-electron chi connectivity index (χ2n) is 5.41. The zero-order valence-corrected chi connectivity index (χ0v) is 11.2. The van der Waals surface area contributed by atoms with Crippen LogP contribution in [-0.2, 0) is 12.8 Å². The monoisotopic (exact) mass is 232 g/mol. The maximum absolute atomic E-state index is 5.56. The van der Waals surface area contributed by atoms with E-state index < -0.39 is 0 Å². The first-order chi connectivity index (χ1) is 8.13. The smallest absolute Gasteiger partial charge is 0.0404 e. The summed E-state index contributed by atoms with van der Waals surface area (Å²) in [6.07, 6.45) is 3.38. The number of rotatable bonds is 4. The molecule has 0 saturated heterocycles. The number of hydrogen-bond acceptors (Lipinski definition) is 2. The van der Waals surface area contributed by atoms with Crippen molar-refractivity contribution in [3.63, 3.8) is 0 Å². The molecule has 17 heavy (non-hydrogen) atoms. The van der Waals surface area contributed by atoms with E-state index in [0.717, 1.165) is 19.4 Å². The quantitative estimate of drug-likeness (QED) is 0.865. The predicted octanol–water partition coefficient (Wildman–Crippen LogP) is 2.74. The van der Waals surface area contributed by atoms with Crippen molar-refractivity contribution in [1.29, 1.82) is 0 Å². The zero-order valence-electron chi connectivity index (χ0n) is 11.2. The number of benzene rings is 1. The van der Waals surface area contributed by atoms with Crippen LogP contribution in [0.5, 0.6) is 0 Å². The van der Waals surface area contributed by atoms with Crippen LogP contribution in [0.1, 0.15) is 38.3 Å². The van der Waals surface area contributed by atoms with Gasteiger partial charge in [-0.3, -0.25) is 0 Å². The van der Waals surface area contributed by atoms with Crippen molar-refractivity contribution in [3.05, 3.63) is 29.3 Å². The van der Waals surface area contributed by atoms with E-state index in [1.165, 1.54) is 23.2 Å². The molecule has 2 nitrogen and oxygen atoms in total. The van der Waals surface area contributed by atoms with Gasteiger partial charge >= 0.3 is 0 Å². The van der Waals surface area contributed by atoms with Crippen LogP contribution in [0.25, 0.3) is 0 Å². The highest BCUT2D eigenvalue weighted by molar-refractivity contribution is 5.61. The van der Waals surface area contributed by atoms with Gasteiger partial charge in [0.15, 0.2) is 0 Å². The van der Waals surface area contributed by atoms with Crippen LogP contribution >= 0.6 is 0 Å². The van der Waals surface area contributed by atoms with Crippen molar-refractivity contribution in [2.75, 3.05) is 11.4 Å². The van der Waals surface area contributed by atoms with Crippen LogP contribution < -0.4 is 10.6 Å². The van der Waals surface area contributed by atoms with Gasteiger partial charge in [0.1, 0.15) is 0 Å². The molecule has 0 saturated carbocycles. The Labute approximate surface area is 105 Å². The number of hydrogen-bond donors (Lipinski definition) is 1. The zero-order chi connectivity index (χ0) is 12.4. The molecular weight excluding hydrogens is 208 g/mol. The summed E-state index contributed by atoms with van der Waals surface area (Å²) in [6.45, 7) is 7.65. The van der Waals surface area contributed by atoms with E-state index in [1.807, 2.05) is 0 Å². The largest absolute Gasteiger partial charge is 0.366 e. The molecule has 0 radical (unpaired) electrons. The van der Waals surface area contributed by atoms with Crippen LogP contribution in [0.3, 0.4) is 0 Å². The van der Waals surface area contributed by atoms with Crippen molar-refractivity contribution in [1.82, 2.24) is 0 Å². The first-order valence-electron chi connectivity index (χ1n) is 6.73. The van der Waals surface area contributed by atoms with Crippen LogP contribution in [0, 0.1) is 0 Å². The third-order valence-corrected chi connectivity index (χ3v) is 3.64. The van der Waals surface area contributed by atoms with Crippen molar-refractivity contribution < 1.29 is 0 Å². The highest BCUT2D eigenvalue weighted by atomic mass is 15.2. The molecule has 1 aromatic rings. The first-order valence-corrected chi connectivity index (χ1v) is 6.73. The molecule has 1 atom stereocenters. The molecule has 0 fully saturated rings. The van der Waals surface area contributed by atoms with Gasteiger partial charge in [0.25, 0.3) is 0 Å². The van der Waals surface area contributed by atoms with E-state index in [0.29, 0.717) is 12.1 Å². The van der Waals surface area contributed by atoms with Gasteiger partial charge in [-0.05, 0) is 63.8 Å². The Morgan fingerprint density at radius 1 is 1.41 bits per heavy atom. The molecule has 2 N–H and O–H groups in total. The summed E-state index contributed by atoms with van der Waals surface area (Å²) in [5.41, 5.74) is 9.95. The van der Waals surface area contributed by atoms with E-state index in [4.69, 9.17) is 5.73 Å². The Hall–Kier alpha value is -1.02. The maximum Gasteiger partial charge on any atom is 0.0404 e. The van der Waals surface area contributed by atoms with Crippen LogP contribution in [-0.4, -0.2) is 18.6 Å². The number of anilines is 1. The molecule has 0 aliphatic carbocycles. The molecule has 1 aromatic carbocycles. The van der Waals surface area contributed by atoms with Gasteiger partial charge in [0.05, 0.1) is 0 Å². The van der Waals surface area contributed by atoms with Crippen molar-refractivity contribution in [3.8, 4) is 0 Å². The van der Waals surface area contributed by atoms with E-state index in [9.17, 15) is 0 Å². The number of fused-ring (bicyclic) bond motifs is 1. The molecule has 94 valence electrons.